The van der Waals surface area contributed by atoms with Crippen molar-refractivity contribution in [2.24, 2.45) is 0 Å². The number of nitrogens with zero attached hydrogens (tertiary/aromatic N) is 2. The van der Waals surface area contributed by atoms with Gasteiger partial charge in [-0.3, -0.25) is 9.69 Å². The first-order valence-electron chi connectivity index (χ1n) is 7.21. The minimum Gasteiger partial charge on any atom is -0.444 e. The average Bonchev–Trinajstić information content (AvgIpc) is 2.88. The maximum Gasteiger partial charge on any atom is 0.411 e. The molecule has 0 aromatic carbocycles. The maximum absolute atomic E-state index is 12.6. The lowest BCUT2D eigenvalue weighted by Gasteiger charge is -2.34. The van der Waals surface area contributed by atoms with Crippen LogP contribution in [0.3, 0.4) is 0 Å². The first kappa shape index (κ1) is 14.9. The van der Waals surface area contributed by atoms with Crippen LogP contribution in [0.4, 0.5) is 4.79 Å². The Bertz CT molecular complexity index is 427. The van der Waals surface area contributed by atoms with E-state index in [0.717, 1.165) is 12.8 Å². The second-order valence-electron chi connectivity index (χ2n) is 6.56. The molecule has 2 aliphatic heterocycles. The van der Waals surface area contributed by atoms with E-state index in [-0.39, 0.29) is 12.0 Å². The summed E-state index contributed by atoms with van der Waals surface area (Å²) >= 11 is 0. The molecule has 0 bridgehead atoms. The smallest absolute Gasteiger partial charge is 0.411 e. The Balaban J connectivity index is 2.17. The summed E-state index contributed by atoms with van der Waals surface area (Å²) in [6.07, 6.45) is 3.64. The molecule has 0 radical (unpaired) electrons. The van der Waals surface area contributed by atoms with Crippen molar-refractivity contribution >= 4 is 12.0 Å². The minimum atomic E-state index is -0.675. The highest BCUT2D eigenvalue weighted by Crippen LogP contribution is 2.39. The van der Waals surface area contributed by atoms with Crippen LogP contribution in [-0.4, -0.2) is 52.6 Å². The van der Waals surface area contributed by atoms with E-state index in [9.17, 15) is 9.59 Å². The summed E-state index contributed by atoms with van der Waals surface area (Å²) in [5.41, 5.74) is -1.21. The van der Waals surface area contributed by atoms with Gasteiger partial charge in [-0.15, -0.1) is 6.58 Å². The maximum atomic E-state index is 12.6. The molecule has 5 nitrogen and oxygen atoms in total. The second-order valence-corrected chi connectivity index (χ2v) is 6.56. The lowest BCUT2D eigenvalue weighted by molar-refractivity contribution is -0.136. The molecule has 2 heterocycles. The normalized spacial score (nSPS) is 26.4. The van der Waals surface area contributed by atoms with E-state index in [0.29, 0.717) is 26.1 Å². The third-order valence-corrected chi connectivity index (χ3v) is 3.93. The summed E-state index contributed by atoms with van der Waals surface area (Å²) in [5, 5.41) is 0. The highest BCUT2D eigenvalue weighted by atomic mass is 16.6. The standard InChI is InChI=1S/C15H24N2O3/c1-5-9-16-11-8-15(12(16)18)7-6-10-17(15)13(19)20-14(2,3)4/h5H,1,6-11H2,2-4H3. The average molecular weight is 280 g/mol. The SMILES string of the molecule is C=CCN1CCC2(CCCN2C(=O)OC(C)(C)C)C1=O. The fourth-order valence-corrected chi connectivity index (χ4v) is 3.10. The van der Waals surface area contributed by atoms with Crippen molar-refractivity contribution in [1.82, 2.24) is 9.80 Å². The summed E-state index contributed by atoms with van der Waals surface area (Å²) < 4.78 is 5.45. The first-order valence-corrected chi connectivity index (χ1v) is 7.21. The first-order chi connectivity index (χ1) is 9.30. The van der Waals surface area contributed by atoms with E-state index >= 15 is 0 Å². The number of hydrogen-bond donors (Lipinski definition) is 0. The van der Waals surface area contributed by atoms with Crippen LogP contribution in [0.2, 0.25) is 0 Å². The molecule has 2 rings (SSSR count). The number of ether oxygens (including phenoxy) is 1. The Morgan fingerprint density at radius 3 is 2.70 bits per heavy atom. The van der Waals surface area contributed by atoms with E-state index in [1.807, 2.05) is 20.8 Å². The van der Waals surface area contributed by atoms with Gasteiger partial charge in [0.25, 0.3) is 0 Å². The number of rotatable bonds is 2. The summed E-state index contributed by atoms with van der Waals surface area (Å²) in [5.74, 6) is 0.0424. The fourth-order valence-electron chi connectivity index (χ4n) is 3.10. The van der Waals surface area contributed by atoms with Crippen molar-refractivity contribution < 1.29 is 14.3 Å². The minimum absolute atomic E-state index is 0.0424. The van der Waals surface area contributed by atoms with E-state index in [4.69, 9.17) is 4.74 Å². The van der Waals surface area contributed by atoms with Crippen molar-refractivity contribution in [2.75, 3.05) is 19.6 Å². The van der Waals surface area contributed by atoms with Gasteiger partial charge in [0.2, 0.25) is 5.91 Å². The van der Waals surface area contributed by atoms with Crippen LogP contribution in [0.1, 0.15) is 40.0 Å². The Morgan fingerprint density at radius 2 is 2.10 bits per heavy atom. The summed E-state index contributed by atoms with van der Waals surface area (Å²) in [6.45, 7) is 11.0. The Labute approximate surface area is 120 Å². The molecule has 5 heteroatoms. The molecule has 0 saturated carbocycles. The molecule has 0 aromatic heterocycles. The van der Waals surface area contributed by atoms with Gasteiger partial charge in [0.1, 0.15) is 11.1 Å². The van der Waals surface area contributed by atoms with E-state index in [1.165, 1.54) is 0 Å². The van der Waals surface area contributed by atoms with Crippen LogP contribution in [0.25, 0.3) is 0 Å². The zero-order valence-electron chi connectivity index (χ0n) is 12.6. The molecule has 2 aliphatic rings. The van der Waals surface area contributed by atoms with E-state index < -0.39 is 11.1 Å². The van der Waals surface area contributed by atoms with Gasteiger partial charge in [-0.1, -0.05) is 6.08 Å². The van der Waals surface area contributed by atoms with Crippen LogP contribution >= 0.6 is 0 Å². The zero-order valence-corrected chi connectivity index (χ0v) is 12.6. The molecule has 1 unspecified atom stereocenters. The lowest BCUT2D eigenvalue weighted by atomic mass is 9.94. The highest BCUT2D eigenvalue weighted by molar-refractivity contribution is 5.92. The van der Waals surface area contributed by atoms with Gasteiger partial charge in [0, 0.05) is 19.6 Å². The Kier molecular flexibility index (Phi) is 3.80. The predicted molar refractivity (Wildman–Crippen MR) is 76.3 cm³/mol. The van der Waals surface area contributed by atoms with Gasteiger partial charge in [-0.05, 0) is 40.0 Å². The van der Waals surface area contributed by atoms with Crippen molar-refractivity contribution in [3.63, 3.8) is 0 Å². The molecule has 0 aliphatic carbocycles. The second kappa shape index (κ2) is 5.11. The van der Waals surface area contributed by atoms with Gasteiger partial charge in [-0.2, -0.15) is 0 Å². The van der Waals surface area contributed by atoms with Gasteiger partial charge < -0.3 is 9.64 Å². The predicted octanol–water partition coefficient (Wildman–Crippen LogP) is 2.17. The van der Waals surface area contributed by atoms with Crippen LogP contribution in [0, 0.1) is 0 Å². The van der Waals surface area contributed by atoms with Crippen molar-refractivity contribution in [3.8, 4) is 0 Å². The molecule has 1 atom stereocenters. The quantitative estimate of drug-likeness (QED) is 0.728. The molecule has 2 fully saturated rings. The summed E-state index contributed by atoms with van der Waals surface area (Å²) in [7, 11) is 0. The number of carbonyl (C=O) groups is 2. The van der Waals surface area contributed by atoms with Gasteiger partial charge in [0.15, 0.2) is 0 Å². The number of likely N-dealkylation sites (tertiary alicyclic amines) is 2. The molecule has 20 heavy (non-hydrogen) atoms. The van der Waals surface area contributed by atoms with E-state index in [2.05, 4.69) is 6.58 Å². The summed E-state index contributed by atoms with van der Waals surface area (Å²) in [4.78, 5) is 28.4. The third kappa shape index (κ3) is 2.53. The zero-order chi connectivity index (χ0) is 15.0. The molecule has 0 aromatic rings. The molecular formula is C15H24N2O3. The molecule has 0 N–H and O–H groups in total. The third-order valence-electron chi connectivity index (χ3n) is 3.93. The molecule has 1 spiro atoms. The summed E-state index contributed by atoms with van der Waals surface area (Å²) in [6, 6.07) is 0. The van der Waals surface area contributed by atoms with Gasteiger partial charge in [0.05, 0.1) is 0 Å². The fraction of sp³-hybridized carbons (Fsp3) is 0.733. The molecular weight excluding hydrogens is 256 g/mol. The lowest BCUT2D eigenvalue weighted by Crippen LogP contribution is -2.53. The largest absolute Gasteiger partial charge is 0.444 e. The van der Waals surface area contributed by atoms with Crippen LogP contribution in [0.5, 0.6) is 0 Å². The molecule has 112 valence electrons. The van der Waals surface area contributed by atoms with Gasteiger partial charge >= 0.3 is 6.09 Å². The monoisotopic (exact) mass is 280 g/mol. The van der Waals surface area contributed by atoms with E-state index in [1.54, 1.807) is 15.9 Å². The van der Waals surface area contributed by atoms with Crippen LogP contribution < -0.4 is 0 Å². The molecule has 2 amide bonds. The Hall–Kier alpha value is -1.52. The molecule has 2 saturated heterocycles. The van der Waals surface area contributed by atoms with Crippen molar-refractivity contribution in [1.29, 1.82) is 0 Å². The van der Waals surface area contributed by atoms with Gasteiger partial charge in [-0.25, -0.2) is 4.79 Å². The number of amides is 2. The topological polar surface area (TPSA) is 49.9 Å². The van der Waals surface area contributed by atoms with Crippen LogP contribution in [0.15, 0.2) is 12.7 Å². The van der Waals surface area contributed by atoms with Crippen LogP contribution in [-0.2, 0) is 9.53 Å². The highest BCUT2D eigenvalue weighted by Gasteiger charge is 2.55. The number of carbonyl (C=O) groups excluding carboxylic acids is 2. The Morgan fingerprint density at radius 1 is 1.40 bits per heavy atom. The van der Waals surface area contributed by atoms with Crippen molar-refractivity contribution in [2.45, 2.75) is 51.2 Å². The number of hydrogen-bond acceptors (Lipinski definition) is 3. The van der Waals surface area contributed by atoms with Crippen molar-refractivity contribution in [3.05, 3.63) is 12.7 Å².